The van der Waals surface area contributed by atoms with Crippen molar-refractivity contribution in [1.82, 2.24) is 10.6 Å². The van der Waals surface area contributed by atoms with E-state index in [9.17, 15) is 9.59 Å². The molecule has 0 aliphatic heterocycles. The largest absolute Gasteiger partial charge is 0.467 e. The number of carbonyl (C=O) groups is 2. The zero-order valence-corrected chi connectivity index (χ0v) is 12.3. The lowest BCUT2D eigenvalue weighted by Crippen LogP contribution is -2.47. The fourth-order valence-electron chi connectivity index (χ4n) is 1.50. The summed E-state index contributed by atoms with van der Waals surface area (Å²) in [5.74, 6) is 0.545. The van der Waals surface area contributed by atoms with E-state index in [4.69, 9.17) is 0 Å². The van der Waals surface area contributed by atoms with Crippen molar-refractivity contribution in [2.24, 2.45) is 0 Å². The average Bonchev–Trinajstić information content (AvgIpc) is 2.34. The number of esters is 1. The molecule has 0 rings (SSSR count). The van der Waals surface area contributed by atoms with Gasteiger partial charge in [-0.1, -0.05) is 6.42 Å². The maximum Gasteiger partial charge on any atom is 0.329 e. The summed E-state index contributed by atoms with van der Waals surface area (Å²) in [5.41, 5.74) is 0. The topological polar surface area (TPSA) is 67.4 Å². The molecule has 2 N–H and O–H groups in total. The number of nitrogens with one attached hydrogen (secondary N) is 2. The number of thioether (sulfide) groups is 1. The van der Waals surface area contributed by atoms with E-state index in [-0.39, 0.29) is 5.91 Å². The second-order valence-electron chi connectivity index (χ2n) is 4.03. The van der Waals surface area contributed by atoms with Crippen molar-refractivity contribution in [2.75, 3.05) is 32.2 Å². The highest BCUT2D eigenvalue weighted by molar-refractivity contribution is 7.98. The molecule has 1 atom stereocenters. The van der Waals surface area contributed by atoms with E-state index in [0.717, 1.165) is 13.0 Å². The quantitative estimate of drug-likeness (QED) is 0.456. The van der Waals surface area contributed by atoms with Gasteiger partial charge in [-0.15, -0.1) is 0 Å². The zero-order valence-electron chi connectivity index (χ0n) is 11.5. The first-order valence-electron chi connectivity index (χ1n) is 6.16. The Morgan fingerprint density at radius 3 is 2.56 bits per heavy atom. The molecule has 106 valence electrons. The Morgan fingerprint density at radius 1 is 1.28 bits per heavy atom. The molecular weight excluding hydrogens is 252 g/mol. The SMILES string of the molecule is COC(=O)C(CNCCCCCSC)NC(C)=O. The Labute approximate surface area is 113 Å². The van der Waals surface area contributed by atoms with Gasteiger partial charge < -0.3 is 15.4 Å². The van der Waals surface area contributed by atoms with Crippen molar-refractivity contribution in [3.8, 4) is 0 Å². The molecule has 0 aromatic rings. The van der Waals surface area contributed by atoms with Gasteiger partial charge in [0.15, 0.2) is 0 Å². The summed E-state index contributed by atoms with van der Waals surface area (Å²) in [6.07, 6.45) is 5.58. The first-order chi connectivity index (χ1) is 8.61. The summed E-state index contributed by atoms with van der Waals surface area (Å²) in [6.45, 7) is 2.65. The van der Waals surface area contributed by atoms with Gasteiger partial charge in [-0.25, -0.2) is 4.79 Å². The molecule has 18 heavy (non-hydrogen) atoms. The van der Waals surface area contributed by atoms with E-state index in [0.29, 0.717) is 6.54 Å². The molecule has 6 heteroatoms. The zero-order chi connectivity index (χ0) is 13.8. The van der Waals surface area contributed by atoms with E-state index in [1.807, 2.05) is 11.8 Å². The predicted molar refractivity (Wildman–Crippen MR) is 74.7 cm³/mol. The van der Waals surface area contributed by atoms with E-state index in [2.05, 4.69) is 21.6 Å². The molecule has 0 aromatic heterocycles. The summed E-state index contributed by atoms with van der Waals surface area (Å²) in [5, 5.41) is 5.72. The van der Waals surface area contributed by atoms with Crippen molar-refractivity contribution < 1.29 is 14.3 Å². The average molecular weight is 276 g/mol. The number of methoxy groups -OCH3 is 1. The van der Waals surface area contributed by atoms with Crippen LogP contribution in [0, 0.1) is 0 Å². The molecule has 5 nitrogen and oxygen atoms in total. The van der Waals surface area contributed by atoms with Crippen molar-refractivity contribution >= 4 is 23.6 Å². The summed E-state index contributed by atoms with van der Waals surface area (Å²) >= 11 is 1.85. The van der Waals surface area contributed by atoms with Crippen LogP contribution >= 0.6 is 11.8 Å². The first kappa shape index (κ1) is 17.2. The Balaban J connectivity index is 3.69. The first-order valence-corrected chi connectivity index (χ1v) is 7.55. The van der Waals surface area contributed by atoms with Gasteiger partial charge in [0, 0.05) is 13.5 Å². The standard InChI is InChI=1S/C12H24N2O3S/c1-10(15)14-11(12(16)17-2)9-13-7-5-4-6-8-18-3/h11,13H,4-9H2,1-3H3,(H,14,15). The molecule has 0 aromatic carbocycles. The predicted octanol–water partition coefficient (Wildman–Crippen LogP) is 0.787. The van der Waals surface area contributed by atoms with Gasteiger partial charge in [-0.2, -0.15) is 11.8 Å². The van der Waals surface area contributed by atoms with Crippen molar-refractivity contribution in [3.05, 3.63) is 0 Å². The molecule has 0 radical (unpaired) electrons. The monoisotopic (exact) mass is 276 g/mol. The highest BCUT2D eigenvalue weighted by Gasteiger charge is 2.18. The molecule has 0 heterocycles. The molecule has 1 amide bonds. The van der Waals surface area contributed by atoms with E-state index >= 15 is 0 Å². The van der Waals surface area contributed by atoms with Gasteiger partial charge in [0.05, 0.1) is 7.11 Å². The highest BCUT2D eigenvalue weighted by Crippen LogP contribution is 2.01. The van der Waals surface area contributed by atoms with Crippen LogP contribution in [0.15, 0.2) is 0 Å². The smallest absolute Gasteiger partial charge is 0.329 e. The molecule has 0 aliphatic rings. The summed E-state index contributed by atoms with van der Waals surface area (Å²) in [6, 6.07) is -0.598. The number of hydrogen-bond acceptors (Lipinski definition) is 5. The Morgan fingerprint density at radius 2 is 2.00 bits per heavy atom. The van der Waals surface area contributed by atoms with E-state index < -0.39 is 12.0 Å². The van der Waals surface area contributed by atoms with Crippen LogP contribution in [0.3, 0.4) is 0 Å². The van der Waals surface area contributed by atoms with Crippen LogP contribution in [0.5, 0.6) is 0 Å². The minimum absolute atomic E-state index is 0.229. The maximum absolute atomic E-state index is 11.4. The second kappa shape index (κ2) is 11.3. The van der Waals surface area contributed by atoms with Crippen LogP contribution in [0.4, 0.5) is 0 Å². The maximum atomic E-state index is 11.4. The van der Waals surface area contributed by atoms with Gasteiger partial charge in [0.1, 0.15) is 6.04 Å². The minimum Gasteiger partial charge on any atom is -0.467 e. The summed E-state index contributed by atoms with van der Waals surface area (Å²) in [4.78, 5) is 22.3. The molecule has 0 fully saturated rings. The summed E-state index contributed by atoms with van der Waals surface area (Å²) < 4.78 is 4.63. The molecular formula is C12H24N2O3S. The van der Waals surface area contributed by atoms with Gasteiger partial charge in [-0.05, 0) is 31.4 Å². The lowest BCUT2D eigenvalue weighted by atomic mass is 10.2. The molecule has 0 saturated carbocycles. The Kier molecular flexibility index (Phi) is 10.9. The third-order valence-corrected chi connectivity index (χ3v) is 3.11. The highest BCUT2D eigenvalue weighted by atomic mass is 32.2. The number of unbranched alkanes of at least 4 members (excludes halogenated alkanes) is 2. The normalized spacial score (nSPS) is 11.9. The number of carbonyl (C=O) groups excluding carboxylic acids is 2. The van der Waals surface area contributed by atoms with Crippen LogP contribution in [-0.4, -0.2) is 50.1 Å². The van der Waals surface area contributed by atoms with Crippen molar-refractivity contribution in [2.45, 2.75) is 32.2 Å². The van der Waals surface area contributed by atoms with Crippen molar-refractivity contribution in [1.29, 1.82) is 0 Å². The fourth-order valence-corrected chi connectivity index (χ4v) is 1.99. The minimum atomic E-state index is -0.598. The lowest BCUT2D eigenvalue weighted by molar-refractivity contribution is -0.144. The number of ether oxygens (including phenoxy) is 1. The van der Waals surface area contributed by atoms with Crippen LogP contribution in [0.25, 0.3) is 0 Å². The van der Waals surface area contributed by atoms with Gasteiger partial charge in [-0.3, -0.25) is 4.79 Å². The Bertz CT molecular complexity index is 249. The molecule has 0 bridgehead atoms. The van der Waals surface area contributed by atoms with Gasteiger partial charge in [0.2, 0.25) is 5.91 Å². The van der Waals surface area contributed by atoms with E-state index in [1.165, 1.54) is 32.6 Å². The lowest BCUT2D eigenvalue weighted by Gasteiger charge is -2.16. The summed E-state index contributed by atoms with van der Waals surface area (Å²) in [7, 11) is 1.32. The number of hydrogen-bond donors (Lipinski definition) is 2. The molecule has 1 unspecified atom stereocenters. The third-order valence-electron chi connectivity index (χ3n) is 2.41. The third kappa shape index (κ3) is 9.30. The second-order valence-corrected chi connectivity index (χ2v) is 5.02. The van der Waals surface area contributed by atoms with Crippen molar-refractivity contribution in [3.63, 3.8) is 0 Å². The van der Waals surface area contributed by atoms with Gasteiger partial charge in [0.25, 0.3) is 0 Å². The molecule has 0 spiro atoms. The Hall–Kier alpha value is -0.750. The van der Waals surface area contributed by atoms with Crippen LogP contribution in [-0.2, 0) is 14.3 Å². The van der Waals surface area contributed by atoms with E-state index in [1.54, 1.807) is 0 Å². The van der Waals surface area contributed by atoms with Crippen LogP contribution < -0.4 is 10.6 Å². The number of amides is 1. The molecule has 0 saturated heterocycles. The van der Waals surface area contributed by atoms with Crippen LogP contribution in [0.2, 0.25) is 0 Å². The number of rotatable bonds is 10. The van der Waals surface area contributed by atoms with Gasteiger partial charge >= 0.3 is 5.97 Å². The molecule has 0 aliphatic carbocycles. The fraction of sp³-hybridized carbons (Fsp3) is 0.833. The van der Waals surface area contributed by atoms with Crippen LogP contribution in [0.1, 0.15) is 26.2 Å².